The smallest absolute Gasteiger partial charge is 0.462 e. The number of ether oxygens (including phenoxy) is 4. The van der Waals surface area contributed by atoms with Gasteiger partial charge in [0, 0.05) is 25.7 Å². The standard InChI is InChI=1S/C71H138O17P2/c1-61(2)47-39-31-23-18-14-12-10-9-11-13-15-20-26-35-43-51-68(73)81-57-66(88-71(76)54-46-38-28-22-25-33-41-49-63(5)6)59-85-89(77,78)83-55-65(72)56-84-90(79,80)86-60-67(58-82-69(74)52-44-36-30-29-34-42-50-64(7)8)87-70(75)53-45-37-27-21-17-16-19-24-32-40-48-62(3)4/h61-67,72H,9-60H2,1-8H3,(H,77,78)(H,79,80)/t65-,66-,67-/m1/s1. The van der Waals surface area contributed by atoms with Crippen LogP contribution in [0.5, 0.6) is 0 Å². The van der Waals surface area contributed by atoms with E-state index in [0.29, 0.717) is 37.5 Å². The van der Waals surface area contributed by atoms with Crippen molar-refractivity contribution < 1.29 is 80.2 Å². The molecule has 2 unspecified atom stereocenters. The second kappa shape index (κ2) is 60.7. The summed E-state index contributed by atoms with van der Waals surface area (Å²) in [7, 11) is -9.90. The number of unbranched alkanes of at least 4 members (excludes halogenated alkanes) is 34. The number of aliphatic hydroxyl groups is 1. The van der Waals surface area contributed by atoms with Gasteiger partial charge < -0.3 is 33.8 Å². The minimum absolute atomic E-state index is 0.103. The summed E-state index contributed by atoms with van der Waals surface area (Å²) in [6.45, 7) is 14.0. The van der Waals surface area contributed by atoms with Gasteiger partial charge in [-0.05, 0) is 49.4 Å². The molecule has 3 N–H and O–H groups in total. The molecule has 0 aliphatic rings. The molecule has 0 bridgehead atoms. The van der Waals surface area contributed by atoms with Gasteiger partial charge in [0.25, 0.3) is 0 Å². The molecule has 0 saturated heterocycles. The molecule has 0 radical (unpaired) electrons. The van der Waals surface area contributed by atoms with Crippen LogP contribution in [0.25, 0.3) is 0 Å². The minimum Gasteiger partial charge on any atom is -0.462 e. The summed E-state index contributed by atoms with van der Waals surface area (Å²) in [5, 5.41) is 10.6. The van der Waals surface area contributed by atoms with Gasteiger partial charge in [0.15, 0.2) is 12.2 Å². The zero-order valence-electron chi connectivity index (χ0n) is 58.8. The van der Waals surface area contributed by atoms with E-state index in [1.165, 1.54) is 148 Å². The lowest BCUT2D eigenvalue weighted by Crippen LogP contribution is -2.30. The summed E-state index contributed by atoms with van der Waals surface area (Å²) in [5.74, 6) is 0.801. The van der Waals surface area contributed by atoms with Crippen LogP contribution in [-0.2, 0) is 65.4 Å². The van der Waals surface area contributed by atoms with Crippen LogP contribution in [-0.4, -0.2) is 96.7 Å². The lowest BCUT2D eigenvalue weighted by Gasteiger charge is -2.21. The molecule has 90 heavy (non-hydrogen) atoms. The van der Waals surface area contributed by atoms with Gasteiger partial charge in [0.05, 0.1) is 26.4 Å². The van der Waals surface area contributed by atoms with Crippen molar-refractivity contribution in [2.45, 2.75) is 369 Å². The number of carbonyl (C=O) groups is 4. The van der Waals surface area contributed by atoms with E-state index >= 15 is 0 Å². The van der Waals surface area contributed by atoms with Gasteiger partial charge in [-0.3, -0.25) is 37.3 Å². The molecule has 534 valence electrons. The molecule has 0 aliphatic heterocycles. The lowest BCUT2D eigenvalue weighted by atomic mass is 10.0. The topological polar surface area (TPSA) is 237 Å². The number of esters is 4. The fourth-order valence-corrected chi connectivity index (χ4v) is 12.2. The Morgan fingerprint density at radius 3 is 0.689 bits per heavy atom. The molecular formula is C71H138O17P2. The Morgan fingerprint density at radius 2 is 0.467 bits per heavy atom. The Kier molecular flexibility index (Phi) is 59.4. The maximum atomic E-state index is 13.0. The summed E-state index contributed by atoms with van der Waals surface area (Å²) in [4.78, 5) is 72.5. The molecule has 0 saturated carbocycles. The zero-order valence-corrected chi connectivity index (χ0v) is 60.6. The summed E-state index contributed by atoms with van der Waals surface area (Å²) in [5.41, 5.74) is 0. The van der Waals surface area contributed by atoms with E-state index in [1.807, 2.05) is 0 Å². The SMILES string of the molecule is CC(C)CCCCCCCCCCCCCCCCCC(=O)OC[C@H](COP(=O)(O)OC[C@@H](O)COP(=O)(O)OC[C@@H](COC(=O)CCCCCCCCC(C)C)OC(=O)CCCCCCCCCCCCC(C)C)OC(=O)CCCCCCCCCC(C)C. The van der Waals surface area contributed by atoms with Crippen molar-refractivity contribution in [3.05, 3.63) is 0 Å². The Morgan fingerprint density at radius 1 is 0.278 bits per heavy atom. The van der Waals surface area contributed by atoms with E-state index in [1.54, 1.807) is 0 Å². The molecule has 0 aliphatic carbocycles. The van der Waals surface area contributed by atoms with Crippen LogP contribution >= 0.6 is 15.6 Å². The van der Waals surface area contributed by atoms with Gasteiger partial charge in [-0.2, -0.15) is 0 Å². The molecule has 0 aromatic rings. The monoisotopic (exact) mass is 1320 g/mol. The Labute approximate surface area is 549 Å². The van der Waals surface area contributed by atoms with Gasteiger partial charge in [0.2, 0.25) is 0 Å². The number of aliphatic hydroxyl groups excluding tert-OH is 1. The van der Waals surface area contributed by atoms with Gasteiger partial charge in [-0.25, -0.2) is 9.13 Å². The molecular weight excluding hydrogens is 1190 g/mol. The third-order valence-electron chi connectivity index (χ3n) is 16.3. The molecule has 0 fully saturated rings. The Bertz CT molecular complexity index is 1780. The number of carbonyl (C=O) groups excluding carboxylic acids is 4. The van der Waals surface area contributed by atoms with Crippen molar-refractivity contribution >= 4 is 39.5 Å². The molecule has 0 amide bonds. The first-order valence-corrected chi connectivity index (χ1v) is 39.7. The van der Waals surface area contributed by atoms with Crippen molar-refractivity contribution in [2.75, 3.05) is 39.6 Å². The van der Waals surface area contributed by atoms with Gasteiger partial charge in [-0.15, -0.1) is 0 Å². The predicted octanol–water partition coefficient (Wildman–Crippen LogP) is 20.1. The van der Waals surface area contributed by atoms with Crippen molar-refractivity contribution in [3.8, 4) is 0 Å². The number of rotatable bonds is 68. The van der Waals surface area contributed by atoms with Gasteiger partial charge >= 0.3 is 39.5 Å². The molecule has 0 aromatic heterocycles. The average Bonchev–Trinajstić information content (AvgIpc) is 3.70. The summed E-state index contributed by atoms with van der Waals surface area (Å²) < 4.78 is 68.2. The van der Waals surface area contributed by atoms with Crippen LogP contribution in [0.1, 0.15) is 351 Å². The second-order valence-corrected chi connectivity index (χ2v) is 30.4. The van der Waals surface area contributed by atoms with Gasteiger partial charge in [-0.1, -0.05) is 299 Å². The number of phosphoric acid groups is 2. The van der Waals surface area contributed by atoms with E-state index in [9.17, 15) is 43.2 Å². The number of hydrogen-bond donors (Lipinski definition) is 3. The van der Waals surface area contributed by atoms with Crippen molar-refractivity contribution in [1.82, 2.24) is 0 Å². The quantitative estimate of drug-likeness (QED) is 0.0222. The molecule has 0 heterocycles. The molecule has 0 aromatic carbocycles. The third-order valence-corrected chi connectivity index (χ3v) is 18.2. The third kappa shape index (κ3) is 64.8. The Hall–Kier alpha value is -1.94. The van der Waals surface area contributed by atoms with Crippen LogP contribution in [0.2, 0.25) is 0 Å². The highest BCUT2D eigenvalue weighted by molar-refractivity contribution is 7.47. The lowest BCUT2D eigenvalue weighted by molar-refractivity contribution is -0.161. The van der Waals surface area contributed by atoms with E-state index in [0.717, 1.165) is 108 Å². The summed E-state index contributed by atoms with van der Waals surface area (Å²) in [6.07, 6.45) is 43.4. The zero-order chi connectivity index (χ0) is 66.8. The van der Waals surface area contributed by atoms with Crippen molar-refractivity contribution in [2.24, 2.45) is 23.7 Å². The maximum absolute atomic E-state index is 13.0. The van der Waals surface area contributed by atoms with Crippen LogP contribution < -0.4 is 0 Å². The van der Waals surface area contributed by atoms with E-state index in [4.69, 9.17) is 37.0 Å². The summed E-state index contributed by atoms with van der Waals surface area (Å²) >= 11 is 0. The minimum atomic E-state index is -4.95. The second-order valence-electron chi connectivity index (χ2n) is 27.5. The number of phosphoric ester groups is 2. The highest BCUT2D eigenvalue weighted by Gasteiger charge is 2.30. The first kappa shape index (κ1) is 88.1. The first-order chi connectivity index (χ1) is 43.1. The fourth-order valence-electron chi connectivity index (χ4n) is 10.7. The highest BCUT2D eigenvalue weighted by atomic mass is 31.2. The van der Waals surface area contributed by atoms with Crippen LogP contribution in [0.4, 0.5) is 0 Å². The normalized spacial score (nSPS) is 14.3. The first-order valence-electron chi connectivity index (χ1n) is 36.7. The molecule has 19 heteroatoms. The van der Waals surface area contributed by atoms with Crippen LogP contribution in [0, 0.1) is 23.7 Å². The maximum Gasteiger partial charge on any atom is 0.472 e. The summed E-state index contributed by atoms with van der Waals surface area (Å²) in [6, 6.07) is 0. The molecule has 5 atom stereocenters. The van der Waals surface area contributed by atoms with Crippen molar-refractivity contribution in [3.63, 3.8) is 0 Å². The average molecular weight is 1330 g/mol. The highest BCUT2D eigenvalue weighted by Crippen LogP contribution is 2.45. The molecule has 0 spiro atoms. The van der Waals surface area contributed by atoms with Gasteiger partial charge in [0.1, 0.15) is 19.3 Å². The van der Waals surface area contributed by atoms with E-state index in [-0.39, 0.29) is 25.7 Å². The van der Waals surface area contributed by atoms with Crippen LogP contribution in [0.15, 0.2) is 0 Å². The van der Waals surface area contributed by atoms with E-state index in [2.05, 4.69) is 55.4 Å². The largest absolute Gasteiger partial charge is 0.472 e. The predicted molar refractivity (Wildman–Crippen MR) is 363 cm³/mol. The molecule has 17 nitrogen and oxygen atoms in total. The van der Waals surface area contributed by atoms with E-state index < -0.39 is 97.5 Å². The fraction of sp³-hybridized carbons (Fsp3) is 0.944. The number of hydrogen-bond acceptors (Lipinski definition) is 15. The Balaban J connectivity index is 5.18. The molecule has 0 rings (SSSR count). The van der Waals surface area contributed by atoms with Crippen LogP contribution in [0.3, 0.4) is 0 Å². The van der Waals surface area contributed by atoms with Crippen molar-refractivity contribution in [1.29, 1.82) is 0 Å².